The summed E-state index contributed by atoms with van der Waals surface area (Å²) in [7, 11) is 0. The van der Waals surface area contributed by atoms with Gasteiger partial charge in [0.25, 0.3) is 0 Å². The number of nitrogens with zero attached hydrogens (tertiary/aromatic N) is 1. The van der Waals surface area contributed by atoms with Gasteiger partial charge in [0.1, 0.15) is 17.0 Å². The molecule has 2 fully saturated rings. The van der Waals surface area contributed by atoms with Crippen LogP contribution in [-0.2, 0) is 9.47 Å². The zero-order valence-electron chi connectivity index (χ0n) is 26.7. The maximum atomic E-state index is 12.5. The lowest BCUT2D eigenvalue weighted by atomic mass is 9.97. The topological polar surface area (TPSA) is 108 Å². The van der Waals surface area contributed by atoms with Gasteiger partial charge >= 0.3 is 11.9 Å². The van der Waals surface area contributed by atoms with E-state index in [1.54, 1.807) is 20.8 Å². The van der Waals surface area contributed by atoms with Crippen molar-refractivity contribution >= 4 is 17.6 Å². The van der Waals surface area contributed by atoms with Crippen LogP contribution >= 0.6 is 0 Å². The van der Waals surface area contributed by atoms with Crippen molar-refractivity contribution in [1.82, 2.24) is 5.32 Å². The van der Waals surface area contributed by atoms with E-state index in [0.29, 0.717) is 29.6 Å². The van der Waals surface area contributed by atoms with Crippen LogP contribution in [0.4, 0.5) is 10.1 Å². The Kier molecular flexibility index (Phi) is 14.6. The first-order valence-electron chi connectivity index (χ1n) is 15.2. The maximum absolute atomic E-state index is 12.5. The third-order valence-corrected chi connectivity index (χ3v) is 6.94. The molecule has 0 aromatic heterocycles. The fraction of sp³-hybridized carbons (Fsp3) is 0.588. The number of aliphatic hydroxyl groups is 2. The molecule has 9 heteroatoms. The zero-order chi connectivity index (χ0) is 32.0. The second kappa shape index (κ2) is 17.3. The quantitative estimate of drug-likeness (QED) is 0.379. The molecule has 2 saturated heterocycles. The van der Waals surface area contributed by atoms with Crippen molar-refractivity contribution in [3.8, 4) is 0 Å². The van der Waals surface area contributed by atoms with Crippen molar-refractivity contribution in [2.24, 2.45) is 11.8 Å². The van der Waals surface area contributed by atoms with E-state index in [0.717, 1.165) is 57.5 Å². The third-order valence-electron chi connectivity index (χ3n) is 6.94. The molecule has 2 aromatic rings. The van der Waals surface area contributed by atoms with Gasteiger partial charge in [-0.2, -0.15) is 0 Å². The summed E-state index contributed by atoms with van der Waals surface area (Å²) in [5.74, 6) is -0.0682. The van der Waals surface area contributed by atoms with Crippen molar-refractivity contribution in [3.63, 3.8) is 0 Å². The summed E-state index contributed by atoms with van der Waals surface area (Å²) in [6, 6.07) is 12.9. The highest BCUT2D eigenvalue weighted by molar-refractivity contribution is 5.90. The van der Waals surface area contributed by atoms with Crippen LogP contribution in [-0.4, -0.2) is 72.7 Å². The number of carbonyl (C=O) groups excluding carboxylic acids is 2. The van der Waals surface area contributed by atoms with Gasteiger partial charge in [0.05, 0.1) is 11.1 Å². The summed E-state index contributed by atoms with van der Waals surface area (Å²) >= 11 is 0. The Morgan fingerprint density at radius 3 is 1.51 bits per heavy atom. The number of benzene rings is 2. The molecule has 240 valence electrons. The molecule has 3 N–H and O–H groups in total. The van der Waals surface area contributed by atoms with Crippen LogP contribution in [0.15, 0.2) is 48.5 Å². The predicted molar refractivity (Wildman–Crippen MR) is 168 cm³/mol. The third kappa shape index (κ3) is 14.3. The molecule has 43 heavy (non-hydrogen) atoms. The smallest absolute Gasteiger partial charge is 0.338 e. The molecule has 2 aliphatic rings. The van der Waals surface area contributed by atoms with Gasteiger partial charge in [-0.05, 0) is 141 Å². The van der Waals surface area contributed by atoms with Crippen LogP contribution < -0.4 is 10.2 Å². The minimum atomic E-state index is -0.522. The second-order valence-corrected chi connectivity index (χ2v) is 13.0. The fourth-order valence-electron chi connectivity index (χ4n) is 4.51. The number of halogens is 1. The molecular formula is C34H51FN2O6. The average Bonchev–Trinajstić information content (AvgIpc) is 2.97. The molecular weight excluding hydrogens is 551 g/mol. The zero-order valence-corrected chi connectivity index (χ0v) is 26.7. The van der Waals surface area contributed by atoms with Gasteiger partial charge < -0.3 is 29.9 Å². The van der Waals surface area contributed by atoms with E-state index in [1.807, 2.05) is 45.0 Å². The standard InChI is InChI=1S/C17H25NO3.C11H13FO2.C6H13NO/c1-17(2,3)21-16(20)14-4-6-15(7-5-14)18-10-8-13(12-19)9-11-18;1-11(2,3)14-10(13)8-4-6-9(12)7-5-8;8-5-6-1-3-7-4-2-6/h4-7,13,19H,8-12H2,1-3H3;4-7H,1-3H3;6-8H,1-5H2. The van der Waals surface area contributed by atoms with Gasteiger partial charge in [-0.15, -0.1) is 0 Å². The highest BCUT2D eigenvalue weighted by Crippen LogP contribution is 2.24. The average molecular weight is 603 g/mol. The SMILES string of the molecule is CC(C)(C)OC(=O)c1ccc(F)cc1.CC(C)(C)OC(=O)c1ccc(N2CCC(CO)CC2)cc1.OCC1CCNCC1. The van der Waals surface area contributed by atoms with Crippen molar-refractivity contribution in [2.75, 3.05) is 44.3 Å². The van der Waals surface area contributed by atoms with E-state index in [2.05, 4.69) is 10.2 Å². The summed E-state index contributed by atoms with van der Waals surface area (Å²) in [5, 5.41) is 21.1. The highest BCUT2D eigenvalue weighted by atomic mass is 19.1. The maximum Gasteiger partial charge on any atom is 0.338 e. The molecule has 8 nitrogen and oxygen atoms in total. The van der Waals surface area contributed by atoms with Gasteiger partial charge in [-0.1, -0.05) is 0 Å². The van der Waals surface area contributed by atoms with Crippen molar-refractivity contribution in [2.45, 2.75) is 78.4 Å². The number of hydrogen-bond donors (Lipinski definition) is 3. The molecule has 0 atom stereocenters. The predicted octanol–water partition coefficient (Wildman–Crippen LogP) is 5.61. The number of ether oxygens (including phenoxy) is 2. The molecule has 4 rings (SSSR count). The Labute approximate surface area is 256 Å². The molecule has 0 spiro atoms. The van der Waals surface area contributed by atoms with Crippen molar-refractivity contribution in [1.29, 1.82) is 0 Å². The normalized spacial score (nSPS) is 16.3. The van der Waals surface area contributed by atoms with Crippen LogP contribution in [0.5, 0.6) is 0 Å². The van der Waals surface area contributed by atoms with Crippen LogP contribution in [0.25, 0.3) is 0 Å². The number of esters is 2. The van der Waals surface area contributed by atoms with E-state index >= 15 is 0 Å². The van der Waals surface area contributed by atoms with Crippen molar-refractivity contribution in [3.05, 3.63) is 65.5 Å². The molecule has 0 saturated carbocycles. The Bertz CT molecular complexity index is 1100. The number of aliphatic hydroxyl groups excluding tert-OH is 2. The molecule has 0 radical (unpaired) electrons. The summed E-state index contributed by atoms with van der Waals surface area (Å²) in [6.45, 7) is 15.7. The molecule has 2 heterocycles. The first kappa shape index (κ1) is 36.2. The minimum Gasteiger partial charge on any atom is -0.456 e. The van der Waals surface area contributed by atoms with Gasteiger partial charge in [-0.3, -0.25) is 0 Å². The first-order valence-corrected chi connectivity index (χ1v) is 15.2. The number of nitrogens with one attached hydrogen (secondary N) is 1. The van der Waals surface area contributed by atoms with Crippen LogP contribution in [0.1, 0.15) is 87.9 Å². The van der Waals surface area contributed by atoms with Gasteiger partial charge in [0, 0.05) is 32.0 Å². The molecule has 2 aromatic carbocycles. The van der Waals surface area contributed by atoms with Gasteiger partial charge in [0.15, 0.2) is 0 Å². The fourth-order valence-corrected chi connectivity index (χ4v) is 4.51. The molecule has 0 amide bonds. The summed E-state index contributed by atoms with van der Waals surface area (Å²) < 4.78 is 23.0. The number of carbonyl (C=O) groups is 2. The second-order valence-electron chi connectivity index (χ2n) is 13.0. The number of piperidine rings is 2. The summed E-state index contributed by atoms with van der Waals surface area (Å²) in [6.07, 6.45) is 4.33. The minimum absolute atomic E-state index is 0.283. The van der Waals surface area contributed by atoms with Crippen LogP contribution in [0, 0.1) is 17.7 Å². The van der Waals surface area contributed by atoms with E-state index in [1.165, 1.54) is 24.3 Å². The Balaban J connectivity index is 0.000000251. The lowest BCUT2D eigenvalue weighted by Gasteiger charge is -2.33. The lowest BCUT2D eigenvalue weighted by Crippen LogP contribution is -2.34. The molecule has 0 bridgehead atoms. The van der Waals surface area contributed by atoms with Gasteiger partial charge in [0.2, 0.25) is 0 Å². The summed E-state index contributed by atoms with van der Waals surface area (Å²) in [5.41, 5.74) is 1.08. The Morgan fingerprint density at radius 2 is 1.14 bits per heavy atom. The first-order chi connectivity index (χ1) is 20.2. The van der Waals surface area contributed by atoms with Crippen LogP contribution in [0.2, 0.25) is 0 Å². The van der Waals surface area contributed by atoms with Crippen LogP contribution in [0.3, 0.4) is 0 Å². The van der Waals surface area contributed by atoms with Gasteiger partial charge in [-0.25, -0.2) is 14.0 Å². The lowest BCUT2D eigenvalue weighted by molar-refractivity contribution is 0.00570. The largest absolute Gasteiger partial charge is 0.456 e. The van der Waals surface area contributed by atoms with E-state index in [9.17, 15) is 14.0 Å². The number of rotatable bonds is 5. The summed E-state index contributed by atoms with van der Waals surface area (Å²) in [4.78, 5) is 25.7. The Hall–Kier alpha value is -3.01. The molecule has 2 aliphatic heterocycles. The van der Waals surface area contributed by atoms with E-state index in [4.69, 9.17) is 19.7 Å². The highest BCUT2D eigenvalue weighted by Gasteiger charge is 2.21. The molecule has 0 unspecified atom stereocenters. The monoisotopic (exact) mass is 602 g/mol. The molecule has 0 aliphatic carbocycles. The van der Waals surface area contributed by atoms with Crippen molar-refractivity contribution < 1.29 is 33.7 Å². The Morgan fingerprint density at radius 1 is 0.744 bits per heavy atom. The van der Waals surface area contributed by atoms with E-state index < -0.39 is 17.2 Å². The van der Waals surface area contributed by atoms with E-state index in [-0.39, 0.29) is 18.4 Å². The number of hydrogen-bond acceptors (Lipinski definition) is 8. The number of anilines is 1.